The monoisotopic (exact) mass is 225 g/mol. The number of carboxylic acids is 1. The SMILES string of the molecule is O=C(O)CCCCNC(=O)C1CC2CC2C1. The molecule has 2 N–H and O–H groups in total. The summed E-state index contributed by atoms with van der Waals surface area (Å²) in [6.07, 6.45) is 5.09. The Labute approximate surface area is 95.4 Å². The number of carboxylic acid groups (broad SMARTS) is 1. The van der Waals surface area contributed by atoms with Gasteiger partial charge in [-0.05, 0) is 43.9 Å². The summed E-state index contributed by atoms with van der Waals surface area (Å²) < 4.78 is 0. The van der Waals surface area contributed by atoms with Crippen molar-refractivity contribution in [3.05, 3.63) is 0 Å². The van der Waals surface area contributed by atoms with Gasteiger partial charge >= 0.3 is 5.97 Å². The molecular formula is C12H19NO3. The Kier molecular flexibility index (Phi) is 3.46. The first-order valence-electron chi connectivity index (χ1n) is 6.16. The fourth-order valence-electron chi connectivity index (χ4n) is 2.69. The van der Waals surface area contributed by atoms with E-state index in [0.717, 1.165) is 31.1 Å². The summed E-state index contributed by atoms with van der Waals surface area (Å²) in [5.41, 5.74) is 0. The number of carbonyl (C=O) groups excluding carboxylic acids is 1. The lowest BCUT2D eigenvalue weighted by atomic mass is 10.0. The molecule has 0 aliphatic heterocycles. The molecule has 4 heteroatoms. The Morgan fingerprint density at radius 2 is 1.81 bits per heavy atom. The van der Waals surface area contributed by atoms with Gasteiger partial charge in [0.15, 0.2) is 0 Å². The van der Waals surface area contributed by atoms with E-state index in [1.54, 1.807) is 0 Å². The molecule has 0 heterocycles. The third kappa shape index (κ3) is 2.97. The van der Waals surface area contributed by atoms with E-state index in [2.05, 4.69) is 5.32 Å². The summed E-state index contributed by atoms with van der Waals surface area (Å²) in [5, 5.41) is 11.3. The minimum absolute atomic E-state index is 0.183. The van der Waals surface area contributed by atoms with Gasteiger partial charge in [0.1, 0.15) is 0 Å². The summed E-state index contributed by atoms with van der Waals surface area (Å²) in [6.45, 7) is 0.623. The van der Waals surface area contributed by atoms with Crippen molar-refractivity contribution in [1.29, 1.82) is 0 Å². The van der Waals surface area contributed by atoms with Crippen LogP contribution in [0.2, 0.25) is 0 Å². The molecule has 0 bridgehead atoms. The predicted octanol–water partition coefficient (Wildman–Crippen LogP) is 1.40. The zero-order valence-corrected chi connectivity index (χ0v) is 9.45. The van der Waals surface area contributed by atoms with Crippen LogP contribution in [0.3, 0.4) is 0 Å². The maximum atomic E-state index is 11.7. The van der Waals surface area contributed by atoms with E-state index >= 15 is 0 Å². The quantitative estimate of drug-likeness (QED) is 0.671. The lowest BCUT2D eigenvalue weighted by molar-refractivity contribution is -0.137. The minimum atomic E-state index is -0.762. The minimum Gasteiger partial charge on any atom is -0.481 e. The van der Waals surface area contributed by atoms with Gasteiger partial charge in [-0.15, -0.1) is 0 Å². The molecule has 2 fully saturated rings. The number of aliphatic carboxylic acids is 1. The van der Waals surface area contributed by atoms with Crippen LogP contribution >= 0.6 is 0 Å². The van der Waals surface area contributed by atoms with Gasteiger partial charge in [-0.3, -0.25) is 9.59 Å². The van der Waals surface area contributed by atoms with Crippen molar-refractivity contribution in [2.24, 2.45) is 17.8 Å². The highest BCUT2D eigenvalue weighted by molar-refractivity contribution is 5.79. The molecule has 0 spiro atoms. The Bertz CT molecular complexity index is 280. The van der Waals surface area contributed by atoms with Crippen LogP contribution in [0.1, 0.15) is 38.5 Å². The molecule has 0 aromatic rings. The molecule has 0 saturated heterocycles. The molecule has 0 aromatic heterocycles. The molecule has 16 heavy (non-hydrogen) atoms. The largest absolute Gasteiger partial charge is 0.481 e. The average molecular weight is 225 g/mol. The van der Waals surface area contributed by atoms with Crippen LogP contribution in [0.5, 0.6) is 0 Å². The third-order valence-electron chi connectivity index (χ3n) is 3.73. The van der Waals surface area contributed by atoms with Gasteiger partial charge in [-0.2, -0.15) is 0 Å². The van der Waals surface area contributed by atoms with Crippen molar-refractivity contribution >= 4 is 11.9 Å². The lowest BCUT2D eigenvalue weighted by Crippen LogP contribution is -2.30. The molecule has 4 nitrogen and oxygen atoms in total. The smallest absolute Gasteiger partial charge is 0.303 e. The summed E-state index contributed by atoms with van der Waals surface area (Å²) >= 11 is 0. The second-order valence-corrected chi connectivity index (χ2v) is 5.07. The van der Waals surface area contributed by atoms with Gasteiger partial charge in [0, 0.05) is 18.9 Å². The number of rotatable bonds is 6. The number of carbonyl (C=O) groups is 2. The number of amides is 1. The highest BCUT2D eigenvalue weighted by Gasteiger charge is 2.47. The van der Waals surface area contributed by atoms with E-state index in [0.29, 0.717) is 13.0 Å². The van der Waals surface area contributed by atoms with E-state index in [-0.39, 0.29) is 18.2 Å². The first-order valence-corrected chi connectivity index (χ1v) is 6.16. The van der Waals surface area contributed by atoms with Crippen LogP contribution in [-0.2, 0) is 9.59 Å². The maximum Gasteiger partial charge on any atom is 0.303 e. The Morgan fingerprint density at radius 1 is 1.12 bits per heavy atom. The van der Waals surface area contributed by atoms with E-state index in [4.69, 9.17) is 5.11 Å². The predicted molar refractivity (Wildman–Crippen MR) is 58.8 cm³/mol. The van der Waals surface area contributed by atoms with Crippen molar-refractivity contribution in [2.75, 3.05) is 6.54 Å². The van der Waals surface area contributed by atoms with Gasteiger partial charge < -0.3 is 10.4 Å². The van der Waals surface area contributed by atoms with Crippen molar-refractivity contribution in [1.82, 2.24) is 5.32 Å². The van der Waals surface area contributed by atoms with Gasteiger partial charge in [-0.1, -0.05) is 0 Å². The lowest BCUT2D eigenvalue weighted by Gasteiger charge is -2.11. The fourth-order valence-corrected chi connectivity index (χ4v) is 2.69. The number of fused-ring (bicyclic) bond motifs is 1. The summed E-state index contributed by atoms with van der Waals surface area (Å²) in [5.74, 6) is 1.33. The second-order valence-electron chi connectivity index (χ2n) is 5.07. The standard InChI is InChI=1S/C12H19NO3/c14-11(15)3-1-2-4-13-12(16)10-6-8-5-9(8)7-10/h8-10H,1-7H2,(H,13,16)(H,14,15). The zero-order valence-electron chi connectivity index (χ0n) is 9.45. The molecule has 2 saturated carbocycles. The van der Waals surface area contributed by atoms with Gasteiger partial charge in [0.25, 0.3) is 0 Å². The van der Waals surface area contributed by atoms with E-state index in [1.165, 1.54) is 6.42 Å². The number of unbranched alkanes of at least 4 members (excludes halogenated alkanes) is 1. The average Bonchev–Trinajstić information content (AvgIpc) is 2.84. The van der Waals surface area contributed by atoms with Crippen LogP contribution in [0.15, 0.2) is 0 Å². The molecule has 90 valence electrons. The number of nitrogens with one attached hydrogen (secondary N) is 1. The highest BCUT2D eigenvalue weighted by Crippen LogP contribution is 2.54. The maximum absolute atomic E-state index is 11.7. The molecule has 1 amide bonds. The third-order valence-corrected chi connectivity index (χ3v) is 3.73. The van der Waals surface area contributed by atoms with Crippen LogP contribution in [0.25, 0.3) is 0 Å². The van der Waals surface area contributed by atoms with Gasteiger partial charge in [0.2, 0.25) is 5.91 Å². The van der Waals surface area contributed by atoms with E-state index < -0.39 is 5.97 Å². The van der Waals surface area contributed by atoms with Gasteiger partial charge in [-0.25, -0.2) is 0 Å². The molecule has 0 aromatic carbocycles. The van der Waals surface area contributed by atoms with Gasteiger partial charge in [0.05, 0.1) is 0 Å². The van der Waals surface area contributed by atoms with Crippen LogP contribution in [-0.4, -0.2) is 23.5 Å². The molecule has 2 aliphatic rings. The van der Waals surface area contributed by atoms with E-state index in [1.807, 2.05) is 0 Å². The van der Waals surface area contributed by atoms with Crippen LogP contribution in [0.4, 0.5) is 0 Å². The molecule has 0 radical (unpaired) electrons. The Hall–Kier alpha value is -1.06. The number of hydrogen-bond acceptors (Lipinski definition) is 2. The molecule has 2 aliphatic carbocycles. The Morgan fingerprint density at radius 3 is 2.44 bits per heavy atom. The first kappa shape index (κ1) is 11.4. The summed E-state index contributed by atoms with van der Waals surface area (Å²) in [6, 6.07) is 0. The normalized spacial score (nSPS) is 30.9. The molecule has 2 rings (SSSR count). The van der Waals surface area contributed by atoms with Crippen molar-refractivity contribution in [3.63, 3.8) is 0 Å². The fraction of sp³-hybridized carbons (Fsp3) is 0.833. The summed E-state index contributed by atoms with van der Waals surface area (Å²) in [4.78, 5) is 21.9. The molecule has 2 atom stereocenters. The molecule has 2 unspecified atom stereocenters. The first-order chi connectivity index (χ1) is 7.66. The van der Waals surface area contributed by atoms with Crippen molar-refractivity contribution in [2.45, 2.75) is 38.5 Å². The topological polar surface area (TPSA) is 66.4 Å². The van der Waals surface area contributed by atoms with Crippen molar-refractivity contribution < 1.29 is 14.7 Å². The number of hydrogen-bond donors (Lipinski definition) is 2. The van der Waals surface area contributed by atoms with E-state index in [9.17, 15) is 9.59 Å². The Balaban J connectivity index is 1.52. The van der Waals surface area contributed by atoms with Crippen molar-refractivity contribution in [3.8, 4) is 0 Å². The highest BCUT2D eigenvalue weighted by atomic mass is 16.4. The molecular weight excluding hydrogens is 206 g/mol. The van der Waals surface area contributed by atoms with Crippen LogP contribution in [0, 0.1) is 17.8 Å². The second kappa shape index (κ2) is 4.85. The van der Waals surface area contributed by atoms with Crippen LogP contribution < -0.4 is 5.32 Å². The zero-order chi connectivity index (χ0) is 11.5. The summed E-state index contributed by atoms with van der Waals surface area (Å²) in [7, 11) is 0.